The Morgan fingerprint density at radius 1 is 1.38 bits per heavy atom. The number of aliphatic imine (C=N–C) groups is 4. The smallest absolute Gasteiger partial charge is 0.209 e. The molecule has 80 valence electrons. The van der Waals surface area contributed by atoms with Crippen molar-refractivity contribution in [2.75, 3.05) is 0 Å². The quantitative estimate of drug-likeness (QED) is 0.802. The Hall–Kier alpha value is -2.08. The molecule has 1 aromatic rings. The van der Waals surface area contributed by atoms with Gasteiger partial charge in [-0.25, -0.2) is 20.0 Å². The molecule has 1 N–H and O–H groups in total. The molecular weight excluding hydrogens is 206 g/mol. The van der Waals surface area contributed by atoms with Crippen LogP contribution in [-0.4, -0.2) is 30.4 Å². The van der Waals surface area contributed by atoms with Crippen LogP contribution in [-0.2, 0) is 6.54 Å². The van der Waals surface area contributed by atoms with Crippen molar-refractivity contribution in [1.29, 1.82) is 0 Å². The second-order valence-electron chi connectivity index (χ2n) is 3.42. The highest BCUT2D eigenvalue weighted by atomic mass is 16.3. The maximum Gasteiger partial charge on any atom is 0.209 e. The summed E-state index contributed by atoms with van der Waals surface area (Å²) in [6.45, 7) is 0.547. The van der Waals surface area contributed by atoms with Crippen LogP contribution in [0.5, 0.6) is 0 Å². The van der Waals surface area contributed by atoms with Crippen molar-refractivity contribution >= 4 is 24.7 Å². The van der Waals surface area contributed by atoms with Gasteiger partial charge in [-0.3, -0.25) is 5.32 Å². The van der Waals surface area contributed by atoms with Crippen LogP contribution in [0.2, 0.25) is 0 Å². The molecule has 0 aliphatic carbocycles. The van der Waals surface area contributed by atoms with Crippen LogP contribution < -0.4 is 5.32 Å². The summed E-state index contributed by atoms with van der Waals surface area (Å²) in [6, 6.07) is 3.73. The first-order chi connectivity index (χ1) is 7.89. The molecule has 0 aromatic carbocycles. The average molecular weight is 215 g/mol. The third kappa shape index (κ3) is 1.40. The summed E-state index contributed by atoms with van der Waals surface area (Å²) in [5, 5.41) is 3.21. The molecule has 1 unspecified atom stereocenters. The first-order valence-electron chi connectivity index (χ1n) is 4.85. The normalized spacial score (nSPS) is 25.9. The molecule has 1 aromatic heterocycles. The van der Waals surface area contributed by atoms with Gasteiger partial charge in [0.15, 0.2) is 5.84 Å². The summed E-state index contributed by atoms with van der Waals surface area (Å²) >= 11 is 0. The van der Waals surface area contributed by atoms with Crippen LogP contribution in [0.3, 0.4) is 0 Å². The Labute approximate surface area is 91.5 Å². The number of nitrogens with zero attached hydrogens (tertiary/aromatic N) is 4. The van der Waals surface area contributed by atoms with Crippen LogP contribution in [0, 0.1) is 0 Å². The number of furan rings is 1. The van der Waals surface area contributed by atoms with Crippen LogP contribution >= 0.6 is 0 Å². The van der Waals surface area contributed by atoms with Gasteiger partial charge in [0.1, 0.15) is 18.4 Å². The van der Waals surface area contributed by atoms with Crippen molar-refractivity contribution in [3.8, 4) is 0 Å². The van der Waals surface area contributed by atoms with E-state index in [9.17, 15) is 0 Å². The van der Waals surface area contributed by atoms with E-state index in [1.807, 2.05) is 12.1 Å². The van der Waals surface area contributed by atoms with E-state index in [1.54, 1.807) is 12.5 Å². The summed E-state index contributed by atoms with van der Waals surface area (Å²) in [5.41, 5.74) is -0.721. The fourth-order valence-corrected chi connectivity index (χ4v) is 1.59. The lowest BCUT2D eigenvalue weighted by molar-refractivity contribution is 0.460. The van der Waals surface area contributed by atoms with E-state index >= 15 is 0 Å². The van der Waals surface area contributed by atoms with Gasteiger partial charge in [0, 0.05) is 0 Å². The van der Waals surface area contributed by atoms with Gasteiger partial charge in [-0.2, -0.15) is 0 Å². The molecule has 1 atom stereocenters. The zero-order valence-electron chi connectivity index (χ0n) is 8.37. The molecule has 3 heterocycles. The molecule has 0 saturated heterocycles. The molecule has 2 aliphatic heterocycles. The lowest BCUT2D eigenvalue weighted by Gasteiger charge is -2.23. The maximum absolute atomic E-state index is 5.23. The number of rotatable bonds is 3. The van der Waals surface area contributed by atoms with E-state index in [1.165, 1.54) is 12.7 Å². The summed E-state index contributed by atoms with van der Waals surface area (Å²) < 4.78 is 5.23. The highest BCUT2D eigenvalue weighted by Gasteiger charge is 2.37. The Kier molecular flexibility index (Phi) is 2.00. The molecule has 0 radical (unpaired) electrons. The lowest BCUT2D eigenvalue weighted by Crippen LogP contribution is -2.50. The summed E-state index contributed by atoms with van der Waals surface area (Å²) in [6.07, 6.45) is 6.26. The number of fused-ring (bicyclic) bond motifs is 1. The van der Waals surface area contributed by atoms with E-state index in [4.69, 9.17) is 4.42 Å². The molecular formula is C10H9N5O. The highest BCUT2D eigenvalue weighted by molar-refractivity contribution is 6.17. The van der Waals surface area contributed by atoms with Gasteiger partial charge >= 0.3 is 0 Å². The van der Waals surface area contributed by atoms with Crippen LogP contribution in [0.15, 0.2) is 42.8 Å². The van der Waals surface area contributed by atoms with Gasteiger partial charge in [-0.15, -0.1) is 0 Å². The first-order valence-corrected chi connectivity index (χ1v) is 4.85. The molecule has 0 saturated carbocycles. The summed E-state index contributed by atoms with van der Waals surface area (Å²) in [4.78, 5) is 16.4. The van der Waals surface area contributed by atoms with Crippen LogP contribution in [0.25, 0.3) is 0 Å². The van der Waals surface area contributed by atoms with Crippen molar-refractivity contribution in [3.05, 3.63) is 24.2 Å². The van der Waals surface area contributed by atoms with Crippen molar-refractivity contribution in [2.45, 2.75) is 12.2 Å². The van der Waals surface area contributed by atoms with Gasteiger partial charge in [0.05, 0.1) is 19.0 Å². The third-order valence-corrected chi connectivity index (χ3v) is 2.40. The summed E-state index contributed by atoms with van der Waals surface area (Å²) in [5.74, 6) is 1.44. The molecule has 0 amide bonds. The van der Waals surface area contributed by atoms with Gasteiger partial charge in [0.25, 0.3) is 0 Å². The van der Waals surface area contributed by atoms with Gasteiger partial charge < -0.3 is 4.42 Å². The Morgan fingerprint density at radius 2 is 2.38 bits per heavy atom. The molecule has 3 rings (SSSR count). The van der Waals surface area contributed by atoms with Crippen LogP contribution in [0.4, 0.5) is 0 Å². The van der Waals surface area contributed by atoms with Gasteiger partial charge in [-0.1, -0.05) is 0 Å². The van der Waals surface area contributed by atoms with E-state index < -0.39 is 5.66 Å². The first kappa shape index (κ1) is 9.17. The molecule has 0 bridgehead atoms. The fourth-order valence-electron chi connectivity index (χ4n) is 1.59. The third-order valence-electron chi connectivity index (χ3n) is 2.40. The predicted octanol–water partition coefficient (Wildman–Crippen LogP) is 0.619. The second kappa shape index (κ2) is 3.49. The standard InChI is InChI=1S/C10H9N5O/c1-2-8(16-3-1)4-14-10-5-11-6-12-9(10)13-7-15-10/h1-3,5-7,14H,4H2. The Bertz CT molecular complexity index is 499. The predicted molar refractivity (Wildman–Crippen MR) is 61.2 cm³/mol. The minimum Gasteiger partial charge on any atom is -0.468 e. The molecule has 0 fully saturated rings. The molecule has 2 aliphatic rings. The second-order valence-corrected chi connectivity index (χ2v) is 3.42. The van der Waals surface area contributed by atoms with Crippen molar-refractivity contribution in [1.82, 2.24) is 5.32 Å². The molecule has 6 heteroatoms. The van der Waals surface area contributed by atoms with E-state index in [2.05, 4.69) is 25.3 Å². The van der Waals surface area contributed by atoms with Gasteiger partial charge in [-0.05, 0) is 12.1 Å². The summed E-state index contributed by atoms with van der Waals surface area (Å²) in [7, 11) is 0. The number of amidine groups is 1. The monoisotopic (exact) mass is 215 g/mol. The Morgan fingerprint density at radius 3 is 3.25 bits per heavy atom. The molecule has 6 nitrogen and oxygen atoms in total. The number of nitrogens with one attached hydrogen (secondary N) is 1. The van der Waals surface area contributed by atoms with Crippen molar-refractivity contribution in [2.24, 2.45) is 20.0 Å². The number of hydrogen-bond donors (Lipinski definition) is 1. The van der Waals surface area contributed by atoms with E-state index in [0.717, 1.165) is 5.76 Å². The van der Waals surface area contributed by atoms with E-state index in [0.29, 0.717) is 12.4 Å². The van der Waals surface area contributed by atoms with E-state index in [-0.39, 0.29) is 0 Å². The number of hydrogen-bond acceptors (Lipinski definition) is 6. The van der Waals surface area contributed by atoms with Crippen molar-refractivity contribution < 1.29 is 4.42 Å². The fraction of sp³-hybridized carbons (Fsp3) is 0.200. The Balaban J connectivity index is 1.79. The van der Waals surface area contributed by atoms with Gasteiger partial charge in [0.2, 0.25) is 5.66 Å². The SMILES string of the molecule is C1=NC=NC2=NC=NC12NCc1ccco1. The highest BCUT2D eigenvalue weighted by Crippen LogP contribution is 2.16. The lowest BCUT2D eigenvalue weighted by atomic mass is 10.1. The maximum atomic E-state index is 5.23. The minimum atomic E-state index is -0.721. The largest absolute Gasteiger partial charge is 0.468 e. The van der Waals surface area contributed by atoms with Crippen molar-refractivity contribution in [3.63, 3.8) is 0 Å². The van der Waals surface area contributed by atoms with Crippen LogP contribution in [0.1, 0.15) is 5.76 Å². The zero-order chi connectivity index (χ0) is 10.8. The topological polar surface area (TPSA) is 74.6 Å². The zero-order valence-corrected chi connectivity index (χ0v) is 8.37. The molecule has 16 heavy (non-hydrogen) atoms. The molecule has 0 spiro atoms. The minimum absolute atomic E-state index is 0.547. The average Bonchev–Trinajstić information content (AvgIpc) is 2.96.